The Morgan fingerprint density at radius 3 is 2.85 bits per heavy atom. The number of carbonyl (C=O) groups is 1. The lowest BCUT2D eigenvalue weighted by Gasteiger charge is -2.35. The Balaban J connectivity index is 2.18. The number of likely N-dealkylation sites (tertiary alicyclic amines) is 1. The minimum atomic E-state index is 0.00523. The lowest BCUT2D eigenvalue weighted by atomic mass is 9.99. The first-order chi connectivity index (χ1) is 9.54. The van der Waals surface area contributed by atoms with Gasteiger partial charge in [0.15, 0.2) is 5.69 Å². The third-order valence-electron chi connectivity index (χ3n) is 4.08. The van der Waals surface area contributed by atoms with E-state index in [1.807, 2.05) is 18.0 Å². The van der Waals surface area contributed by atoms with E-state index in [4.69, 9.17) is 5.11 Å². The number of rotatable bonds is 4. The van der Waals surface area contributed by atoms with E-state index in [1.165, 1.54) is 0 Å². The number of amides is 1. The molecule has 0 radical (unpaired) electrons. The molecule has 2 rings (SSSR count). The number of hydrogen-bond donors (Lipinski definition) is 1. The van der Waals surface area contributed by atoms with Crippen molar-refractivity contribution < 1.29 is 9.90 Å². The first-order valence-electron chi connectivity index (χ1n) is 7.50. The van der Waals surface area contributed by atoms with Crippen molar-refractivity contribution in [3.63, 3.8) is 0 Å². The van der Waals surface area contributed by atoms with Gasteiger partial charge in [-0.2, -0.15) is 5.10 Å². The summed E-state index contributed by atoms with van der Waals surface area (Å²) in [6.07, 6.45) is 3.82. The summed E-state index contributed by atoms with van der Waals surface area (Å²) in [7, 11) is 1.88. The predicted molar refractivity (Wildman–Crippen MR) is 77.7 cm³/mol. The molecule has 1 aromatic rings. The minimum absolute atomic E-state index is 0.00523. The van der Waals surface area contributed by atoms with Crippen LogP contribution in [0.15, 0.2) is 6.07 Å². The Bertz CT molecular complexity index is 466. The molecule has 0 aliphatic carbocycles. The highest BCUT2D eigenvalue weighted by Crippen LogP contribution is 2.23. The zero-order chi connectivity index (χ0) is 14.7. The van der Waals surface area contributed by atoms with Crippen LogP contribution in [0.5, 0.6) is 0 Å². The van der Waals surface area contributed by atoms with E-state index in [9.17, 15) is 4.79 Å². The molecular weight excluding hydrogens is 254 g/mol. The van der Waals surface area contributed by atoms with E-state index < -0.39 is 0 Å². The molecule has 1 fully saturated rings. The van der Waals surface area contributed by atoms with Gasteiger partial charge in [-0.05, 0) is 37.7 Å². The fourth-order valence-corrected chi connectivity index (χ4v) is 2.99. The van der Waals surface area contributed by atoms with Crippen molar-refractivity contribution in [3.8, 4) is 0 Å². The SMILES string of the molecule is CC(C)c1cc(C(=O)N2CCCCC2CCO)nn1C. The van der Waals surface area contributed by atoms with Gasteiger partial charge in [0.05, 0.1) is 0 Å². The van der Waals surface area contributed by atoms with Gasteiger partial charge in [-0.25, -0.2) is 0 Å². The Morgan fingerprint density at radius 2 is 2.25 bits per heavy atom. The number of piperidine rings is 1. The van der Waals surface area contributed by atoms with Gasteiger partial charge in [-0.15, -0.1) is 0 Å². The van der Waals surface area contributed by atoms with Crippen molar-refractivity contribution in [1.82, 2.24) is 14.7 Å². The van der Waals surface area contributed by atoms with Crippen LogP contribution < -0.4 is 0 Å². The average Bonchev–Trinajstić information content (AvgIpc) is 2.81. The number of hydrogen-bond acceptors (Lipinski definition) is 3. The molecule has 5 nitrogen and oxygen atoms in total. The van der Waals surface area contributed by atoms with Crippen molar-refractivity contribution in [1.29, 1.82) is 0 Å². The highest BCUT2D eigenvalue weighted by molar-refractivity contribution is 5.92. The van der Waals surface area contributed by atoms with Crippen molar-refractivity contribution >= 4 is 5.91 Å². The smallest absolute Gasteiger partial charge is 0.274 e. The average molecular weight is 279 g/mol. The molecule has 1 atom stereocenters. The molecule has 0 bridgehead atoms. The summed E-state index contributed by atoms with van der Waals surface area (Å²) < 4.78 is 1.79. The second-order valence-corrected chi connectivity index (χ2v) is 5.89. The zero-order valence-electron chi connectivity index (χ0n) is 12.7. The lowest BCUT2D eigenvalue weighted by Crippen LogP contribution is -2.44. The van der Waals surface area contributed by atoms with E-state index in [2.05, 4.69) is 18.9 Å². The number of carbonyl (C=O) groups excluding carboxylic acids is 1. The first kappa shape index (κ1) is 15.0. The zero-order valence-corrected chi connectivity index (χ0v) is 12.7. The highest BCUT2D eigenvalue weighted by atomic mass is 16.3. The molecule has 1 amide bonds. The van der Waals surface area contributed by atoms with Gasteiger partial charge in [0, 0.05) is 31.9 Å². The topological polar surface area (TPSA) is 58.4 Å². The van der Waals surface area contributed by atoms with Crippen LogP contribution >= 0.6 is 0 Å². The number of aliphatic hydroxyl groups is 1. The first-order valence-corrected chi connectivity index (χ1v) is 7.50. The quantitative estimate of drug-likeness (QED) is 0.916. The molecule has 112 valence electrons. The van der Waals surface area contributed by atoms with Crippen molar-refractivity contribution in [2.24, 2.45) is 7.05 Å². The molecule has 1 aliphatic rings. The monoisotopic (exact) mass is 279 g/mol. The van der Waals surface area contributed by atoms with Gasteiger partial charge in [0.2, 0.25) is 0 Å². The Labute approximate surface area is 120 Å². The van der Waals surface area contributed by atoms with Crippen LogP contribution in [0.2, 0.25) is 0 Å². The molecule has 1 saturated heterocycles. The maximum atomic E-state index is 12.6. The number of aromatic nitrogens is 2. The molecule has 1 aliphatic heterocycles. The summed E-state index contributed by atoms with van der Waals surface area (Å²) in [5.41, 5.74) is 1.60. The summed E-state index contributed by atoms with van der Waals surface area (Å²) in [6, 6.07) is 2.06. The summed E-state index contributed by atoms with van der Waals surface area (Å²) in [5.74, 6) is 0.356. The summed E-state index contributed by atoms with van der Waals surface area (Å²) >= 11 is 0. The highest BCUT2D eigenvalue weighted by Gasteiger charge is 2.28. The predicted octanol–water partition coefficient (Wildman–Crippen LogP) is 1.92. The van der Waals surface area contributed by atoms with Crippen LogP contribution in [0, 0.1) is 0 Å². The molecule has 0 spiro atoms. The van der Waals surface area contributed by atoms with E-state index in [-0.39, 0.29) is 18.6 Å². The largest absolute Gasteiger partial charge is 0.396 e. The molecule has 1 unspecified atom stereocenters. The van der Waals surface area contributed by atoms with E-state index >= 15 is 0 Å². The number of nitrogens with zero attached hydrogens (tertiary/aromatic N) is 3. The fraction of sp³-hybridized carbons (Fsp3) is 0.733. The summed E-state index contributed by atoms with van der Waals surface area (Å²) in [6.45, 7) is 5.10. The maximum absolute atomic E-state index is 12.6. The Hall–Kier alpha value is -1.36. The third kappa shape index (κ3) is 3.03. The van der Waals surface area contributed by atoms with Crippen LogP contribution in [-0.4, -0.2) is 44.9 Å². The van der Waals surface area contributed by atoms with Gasteiger partial charge in [0.25, 0.3) is 5.91 Å². The Kier molecular flexibility index (Phi) is 4.81. The molecule has 2 heterocycles. The van der Waals surface area contributed by atoms with Crippen molar-refractivity contribution in [2.75, 3.05) is 13.2 Å². The van der Waals surface area contributed by atoms with E-state index in [0.717, 1.165) is 31.5 Å². The van der Waals surface area contributed by atoms with Gasteiger partial charge < -0.3 is 10.0 Å². The fourth-order valence-electron chi connectivity index (χ4n) is 2.99. The molecule has 0 aromatic carbocycles. The van der Waals surface area contributed by atoms with E-state index in [1.54, 1.807) is 4.68 Å². The van der Waals surface area contributed by atoms with Gasteiger partial charge in [-0.3, -0.25) is 9.48 Å². The third-order valence-corrected chi connectivity index (χ3v) is 4.08. The van der Waals surface area contributed by atoms with Crippen LogP contribution in [0.3, 0.4) is 0 Å². The molecule has 5 heteroatoms. The van der Waals surface area contributed by atoms with Crippen molar-refractivity contribution in [3.05, 3.63) is 17.5 Å². The summed E-state index contributed by atoms with van der Waals surface area (Å²) in [4.78, 5) is 14.5. The van der Waals surface area contributed by atoms with Crippen LogP contribution in [0.25, 0.3) is 0 Å². The summed E-state index contributed by atoms with van der Waals surface area (Å²) in [5, 5.41) is 13.5. The van der Waals surface area contributed by atoms with Crippen LogP contribution in [0.4, 0.5) is 0 Å². The minimum Gasteiger partial charge on any atom is -0.396 e. The maximum Gasteiger partial charge on any atom is 0.274 e. The molecular formula is C15H25N3O2. The second-order valence-electron chi connectivity index (χ2n) is 5.89. The molecule has 1 N–H and O–H groups in total. The van der Waals surface area contributed by atoms with Gasteiger partial charge >= 0.3 is 0 Å². The molecule has 0 saturated carbocycles. The van der Waals surface area contributed by atoms with Crippen LogP contribution in [0.1, 0.15) is 61.6 Å². The van der Waals surface area contributed by atoms with E-state index in [0.29, 0.717) is 18.0 Å². The van der Waals surface area contributed by atoms with Gasteiger partial charge in [0.1, 0.15) is 0 Å². The molecule has 1 aromatic heterocycles. The standard InChI is InChI=1S/C15H25N3O2/c1-11(2)14-10-13(16-17(14)3)15(20)18-8-5-4-6-12(18)7-9-19/h10-12,19H,4-9H2,1-3H3. The number of aryl methyl sites for hydroxylation is 1. The lowest BCUT2D eigenvalue weighted by molar-refractivity contribution is 0.0568. The van der Waals surface area contributed by atoms with Gasteiger partial charge in [-0.1, -0.05) is 13.8 Å². The van der Waals surface area contributed by atoms with Crippen LogP contribution in [-0.2, 0) is 7.05 Å². The normalized spacial score (nSPS) is 19.6. The van der Waals surface area contributed by atoms with Crippen molar-refractivity contribution in [2.45, 2.75) is 51.5 Å². The Morgan fingerprint density at radius 1 is 1.50 bits per heavy atom. The number of aliphatic hydroxyl groups excluding tert-OH is 1. The molecule has 20 heavy (non-hydrogen) atoms. The second kappa shape index (κ2) is 6.39.